The second kappa shape index (κ2) is 5.66. The van der Waals surface area contributed by atoms with Crippen LogP contribution in [-0.4, -0.2) is 33.7 Å². The van der Waals surface area contributed by atoms with Gasteiger partial charge in [0.15, 0.2) is 0 Å². The molecule has 84 valence electrons. The number of thioether (sulfide) groups is 2. The first kappa shape index (κ1) is 12.7. The van der Waals surface area contributed by atoms with Gasteiger partial charge in [-0.2, -0.15) is 23.5 Å². The van der Waals surface area contributed by atoms with Gasteiger partial charge in [0.1, 0.15) is 0 Å². The molecule has 0 spiro atoms. The van der Waals surface area contributed by atoms with Gasteiger partial charge in [0.2, 0.25) is 0 Å². The Bertz CT molecular complexity index is 159. The van der Waals surface area contributed by atoms with Crippen molar-refractivity contribution < 1.29 is 5.11 Å². The lowest BCUT2D eigenvalue weighted by Gasteiger charge is -2.28. The Morgan fingerprint density at radius 1 is 1.36 bits per heavy atom. The summed E-state index contributed by atoms with van der Waals surface area (Å²) in [5.74, 6) is 3.60. The number of aliphatic hydroxyl groups is 1. The highest BCUT2D eigenvalue weighted by atomic mass is 32.2. The van der Waals surface area contributed by atoms with Crippen molar-refractivity contribution in [3.05, 3.63) is 0 Å². The van der Waals surface area contributed by atoms with Gasteiger partial charge in [-0.3, -0.25) is 0 Å². The van der Waals surface area contributed by atoms with E-state index in [4.69, 9.17) is 0 Å². The Morgan fingerprint density at radius 2 is 2.07 bits per heavy atom. The lowest BCUT2D eigenvalue weighted by molar-refractivity contribution is 0.148. The van der Waals surface area contributed by atoms with Crippen molar-refractivity contribution in [3.63, 3.8) is 0 Å². The summed E-state index contributed by atoms with van der Waals surface area (Å²) < 4.78 is 0. The zero-order valence-electron chi connectivity index (χ0n) is 9.45. The monoisotopic (exact) mass is 234 g/mol. The summed E-state index contributed by atoms with van der Waals surface area (Å²) in [6, 6.07) is 0. The van der Waals surface area contributed by atoms with Crippen LogP contribution in [0.3, 0.4) is 0 Å². The Balaban J connectivity index is 2.23. The molecular weight excluding hydrogens is 212 g/mol. The van der Waals surface area contributed by atoms with Crippen molar-refractivity contribution in [2.45, 2.75) is 45.0 Å². The molecule has 2 unspecified atom stereocenters. The van der Waals surface area contributed by atoms with Crippen molar-refractivity contribution in [2.75, 3.05) is 17.3 Å². The van der Waals surface area contributed by atoms with Crippen LogP contribution < -0.4 is 0 Å². The highest BCUT2D eigenvalue weighted by Gasteiger charge is 2.24. The highest BCUT2D eigenvalue weighted by Crippen LogP contribution is 2.30. The topological polar surface area (TPSA) is 20.2 Å². The first-order valence-electron chi connectivity index (χ1n) is 5.36. The quantitative estimate of drug-likeness (QED) is 0.810. The summed E-state index contributed by atoms with van der Waals surface area (Å²) in [6.07, 6.45) is 1.99. The van der Waals surface area contributed by atoms with E-state index in [9.17, 15) is 5.11 Å². The summed E-state index contributed by atoms with van der Waals surface area (Å²) in [5.41, 5.74) is 0.355. The fraction of sp³-hybridized carbons (Fsp3) is 1.00. The SMILES string of the molecule is CC(C)(C)CCC(O)C1CSCCS1. The Morgan fingerprint density at radius 3 is 2.57 bits per heavy atom. The third kappa shape index (κ3) is 4.94. The van der Waals surface area contributed by atoms with Crippen LogP contribution in [0.2, 0.25) is 0 Å². The molecular formula is C11H22OS2. The summed E-state index contributed by atoms with van der Waals surface area (Å²) in [4.78, 5) is 0. The molecule has 0 aromatic rings. The molecule has 0 bridgehead atoms. The molecule has 0 radical (unpaired) electrons. The average Bonchev–Trinajstić information content (AvgIpc) is 2.14. The number of hydrogen-bond acceptors (Lipinski definition) is 3. The largest absolute Gasteiger partial charge is 0.392 e. The van der Waals surface area contributed by atoms with Crippen LogP contribution in [0.25, 0.3) is 0 Å². The van der Waals surface area contributed by atoms with Gasteiger partial charge in [-0.25, -0.2) is 0 Å². The minimum atomic E-state index is -0.0907. The second-order valence-electron chi connectivity index (χ2n) is 5.15. The van der Waals surface area contributed by atoms with E-state index >= 15 is 0 Å². The molecule has 0 aromatic carbocycles. The van der Waals surface area contributed by atoms with E-state index in [-0.39, 0.29) is 6.10 Å². The van der Waals surface area contributed by atoms with E-state index in [0.29, 0.717) is 10.7 Å². The molecule has 1 heterocycles. The van der Waals surface area contributed by atoms with E-state index in [1.807, 2.05) is 23.5 Å². The van der Waals surface area contributed by atoms with Crippen LogP contribution in [0.1, 0.15) is 33.6 Å². The van der Waals surface area contributed by atoms with Crippen molar-refractivity contribution in [2.24, 2.45) is 5.41 Å². The van der Waals surface area contributed by atoms with E-state index < -0.39 is 0 Å². The van der Waals surface area contributed by atoms with Gasteiger partial charge in [-0.1, -0.05) is 20.8 Å². The third-order valence-corrected chi connectivity index (χ3v) is 5.37. The van der Waals surface area contributed by atoms with Gasteiger partial charge < -0.3 is 5.11 Å². The van der Waals surface area contributed by atoms with Crippen LogP contribution in [0.4, 0.5) is 0 Å². The Hall–Kier alpha value is 0.660. The molecule has 1 aliphatic rings. The number of rotatable bonds is 3. The first-order valence-corrected chi connectivity index (χ1v) is 7.57. The molecule has 1 nitrogen and oxygen atoms in total. The van der Waals surface area contributed by atoms with Gasteiger partial charge in [0.25, 0.3) is 0 Å². The van der Waals surface area contributed by atoms with E-state index in [1.54, 1.807) is 0 Å². The molecule has 0 aliphatic carbocycles. The van der Waals surface area contributed by atoms with Gasteiger partial charge in [0, 0.05) is 22.5 Å². The summed E-state index contributed by atoms with van der Waals surface area (Å²) >= 11 is 3.93. The smallest absolute Gasteiger partial charge is 0.0667 e. The fourth-order valence-corrected chi connectivity index (χ4v) is 4.31. The molecule has 0 amide bonds. The van der Waals surface area contributed by atoms with Crippen LogP contribution in [0.5, 0.6) is 0 Å². The zero-order valence-corrected chi connectivity index (χ0v) is 11.1. The summed E-state index contributed by atoms with van der Waals surface area (Å²) in [7, 11) is 0. The highest BCUT2D eigenvalue weighted by molar-refractivity contribution is 8.06. The van der Waals surface area contributed by atoms with Gasteiger partial charge in [0.05, 0.1) is 6.10 Å². The third-order valence-electron chi connectivity index (χ3n) is 2.46. The van der Waals surface area contributed by atoms with Crippen LogP contribution in [-0.2, 0) is 0 Å². The van der Waals surface area contributed by atoms with Crippen LogP contribution in [0, 0.1) is 5.41 Å². The summed E-state index contributed by atoms with van der Waals surface area (Å²) in [6.45, 7) is 6.72. The summed E-state index contributed by atoms with van der Waals surface area (Å²) in [5, 5.41) is 10.5. The maximum Gasteiger partial charge on any atom is 0.0667 e. The van der Waals surface area contributed by atoms with E-state index in [1.165, 1.54) is 11.5 Å². The molecule has 3 heteroatoms. The van der Waals surface area contributed by atoms with Gasteiger partial charge in [-0.05, 0) is 18.3 Å². The Labute approximate surface area is 96.4 Å². The lowest BCUT2D eigenvalue weighted by atomic mass is 9.89. The fourth-order valence-electron chi connectivity index (χ4n) is 1.49. The van der Waals surface area contributed by atoms with Crippen molar-refractivity contribution in [1.82, 2.24) is 0 Å². The molecule has 1 rings (SSSR count). The maximum atomic E-state index is 10.0. The van der Waals surface area contributed by atoms with Gasteiger partial charge >= 0.3 is 0 Å². The second-order valence-corrected chi connectivity index (χ2v) is 7.65. The molecule has 1 saturated heterocycles. The van der Waals surface area contributed by atoms with Gasteiger partial charge in [-0.15, -0.1) is 0 Å². The average molecular weight is 234 g/mol. The number of aliphatic hydroxyl groups excluding tert-OH is 1. The Kier molecular flexibility index (Phi) is 5.15. The molecule has 0 aromatic heterocycles. The lowest BCUT2D eigenvalue weighted by Crippen LogP contribution is -2.29. The standard InChI is InChI=1S/C11H22OS2/c1-11(2,3)5-4-9(12)10-8-13-6-7-14-10/h9-10,12H,4-8H2,1-3H3. The minimum Gasteiger partial charge on any atom is -0.392 e. The van der Waals surface area contributed by atoms with Crippen LogP contribution in [0.15, 0.2) is 0 Å². The zero-order chi connectivity index (χ0) is 10.6. The molecule has 1 fully saturated rings. The van der Waals surface area contributed by atoms with Crippen molar-refractivity contribution >= 4 is 23.5 Å². The molecule has 2 atom stereocenters. The van der Waals surface area contributed by atoms with Crippen molar-refractivity contribution in [3.8, 4) is 0 Å². The van der Waals surface area contributed by atoms with Crippen molar-refractivity contribution in [1.29, 1.82) is 0 Å². The molecule has 0 saturated carbocycles. The minimum absolute atomic E-state index is 0.0907. The van der Waals surface area contributed by atoms with E-state index in [2.05, 4.69) is 20.8 Å². The van der Waals surface area contributed by atoms with Crippen LogP contribution >= 0.6 is 23.5 Å². The molecule has 14 heavy (non-hydrogen) atoms. The predicted molar refractivity (Wildman–Crippen MR) is 68.3 cm³/mol. The molecule has 1 N–H and O–H groups in total. The number of hydrogen-bond donors (Lipinski definition) is 1. The first-order chi connectivity index (χ1) is 6.49. The maximum absolute atomic E-state index is 10.0. The van der Waals surface area contributed by atoms with E-state index in [0.717, 1.165) is 18.6 Å². The normalized spacial score (nSPS) is 26.1. The predicted octanol–water partition coefficient (Wildman–Crippen LogP) is 3.02. The molecule has 1 aliphatic heterocycles.